The lowest BCUT2D eigenvalue weighted by Crippen LogP contribution is -2.59. The predicted molar refractivity (Wildman–Crippen MR) is 109 cm³/mol. The summed E-state index contributed by atoms with van der Waals surface area (Å²) in [7, 11) is 0. The molecule has 0 saturated carbocycles. The number of benzene rings is 2. The summed E-state index contributed by atoms with van der Waals surface area (Å²) in [6.07, 6.45) is -4.61. The molecule has 0 radical (unpaired) electrons. The summed E-state index contributed by atoms with van der Waals surface area (Å²) in [5.74, 6) is 0. The molecule has 1 fully saturated rings. The number of nitrogens with two attached hydrogens (primary N) is 1. The van der Waals surface area contributed by atoms with Crippen LogP contribution in [0.5, 0.6) is 0 Å². The van der Waals surface area contributed by atoms with Gasteiger partial charge >= 0.3 is 12.2 Å². The van der Waals surface area contributed by atoms with E-state index in [-0.39, 0.29) is 18.1 Å². The molecule has 0 aliphatic carbocycles. The monoisotopic (exact) mass is 417 g/mol. The molecule has 3 N–H and O–H groups in total. The van der Waals surface area contributed by atoms with Crippen LogP contribution in [0.25, 0.3) is 0 Å². The molecule has 9 heteroatoms. The Morgan fingerprint density at radius 3 is 2.40 bits per heavy atom. The molecule has 30 heavy (non-hydrogen) atoms. The number of carbonyl (C=O) groups is 1. The standard InChI is InChI=1S/C21H22F3N5O/c1-13-12-29(20(30)27-17-6-4-16(26)5-7-17)14(2)11-28(13)18-8-3-15(10-25)19(9-18)21(22,23)24/h3-9,13-14H,11-12,26H2,1-2H3,(H,27,30). The first kappa shape index (κ1) is 21.3. The van der Waals surface area contributed by atoms with Gasteiger partial charge in [0.1, 0.15) is 0 Å². The van der Waals surface area contributed by atoms with Crippen LogP contribution in [-0.4, -0.2) is 36.1 Å². The Labute approximate surface area is 172 Å². The first-order valence-electron chi connectivity index (χ1n) is 9.41. The predicted octanol–water partition coefficient (Wildman–Crippen LogP) is 4.29. The summed E-state index contributed by atoms with van der Waals surface area (Å²) in [5.41, 5.74) is 5.86. The van der Waals surface area contributed by atoms with E-state index in [2.05, 4.69) is 5.32 Å². The number of rotatable bonds is 2. The summed E-state index contributed by atoms with van der Waals surface area (Å²) in [6.45, 7) is 4.39. The van der Waals surface area contributed by atoms with Crippen molar-refractivity contribution in [3.05, 3.63) is 53.6 Å². The fourth-order valence-corrected chi connectivity index (χ4v) is 3.57. The van der Waals surface area contributed by atoms with Gasteiger partial charge in [-0.25, -0.2) is 4.79 Å². The molecule has 1 heterocycles. The minimum absolute atomic E-state index is 0.215. The maximum atomic E-state index is 13.3. The second-order valence-corrected chi connectivity index (χ2v) is 7.39. The van der Waals surface area contributed by atoms with Crippen LogP contribution in [0.3, 0.4) is 0 Å². The number of amides is 2. The van der Waals surface area contributed by atoms with Gasteiger partial charge in [0.15, 0.2) is 0 Å². The minimum Gasteiger partial charge on any atom is -0.399 e. The average molecular weight is 417 g/mol. The highest BCUT2D eigenvalue weighted by atomic mass is 19.4. The highest BCUT2D eigenvalue weighted by Crippen LogP contribution is 2.35. The van der Waals surface area contributed by atoms with Gasteiger partial charge in [-0.05, 0) is 56.3 Å². The largest absolute Gasteiger partial charge is 0.417 e. The van der Waals surface area contributed by atoms with E-state index in [9.17, 15) is 18.0 Å². The van der Waals surface area contributed by atoms with Crippen molar-refractivity contribution in [3.8, 4) is 6.07 Å². The molecule has 6 nitrogen and oxygen atoms in total. The lowest BCUT2D eigenvalue weighted by molar-refractivity contribution is -0.137. The van der Waals surface area contributed by atoms with Crippen molar-refractivity contribution in [3.63, 3.8) is 0 Å². The van der Waals surface area contributed by atoms with Gasteiger partial charge in [0.05, 0.1) is 17.2 Å². The van der Waals surface area contributed by atoms with Crippen molar-refractivity contribution in [2.75, 3.05) is 29.0 Å². The number of piperazine rings is 1. The van der Waals surface area contributed by atoms with Crippen LogP contribution in [0.15, 0.2) is 42.5 Å². The van der Waals surface area contributed by atoms with Crippen LogP contribution >= 0.6 is 0 Å². The van der Waals surface area contributed by atoms with Gasteiger partial charge in [0.2, 0.25) is 0 Å². The zero-order valence-electron chi connectivity index (χ0n) is 16.6. The average Bonchev–Trinajstić information content (AvgIpc) is 2.70. The molecular formula is C21H22F3N5O. The quantitative estimate of drug-likeness (QED) is 0.714. The summed E-state index contributed by atoms with van der Waals surface area (Å²) in [5, 5.41) is 11.8. The van der Waals surface area contributed by atoms with Crippen molar-refractivity contribution in [2.24, 2.45) is 0 Å². The van der Waals surface area contributed by atoms with E-state index in [1.165, 1.54) is 12.1 Å². The molecule has 1 aliphatic rings. The van der Waals surface area contributed by atoms with Gasteiger partial charge in [-0.15, -0.1) is 0 Å². The third-order valence-corrected chi connectivity index (χ3v) is 5.17. The van der Waals surface area contributed by atoms with E-state index in [0.717, 1.165) is 6.07 Å². The lowest BCUT2D eigenvalue weighted by Gasteiger charge is -2.45. The molecule has 2 amide bonds. The van der Waals surface area contributed by atoms with Crippen LogP contribution in [0.2, 0.25) is 0 Å². The lowest BCUT2D eigenvalue weighted by atomic mass is 10.0. The maximum Gasteiger partial charge on any atom is 0.417 e. The van der Waals surface area contributed by atoms with Crippen molar-refractivity contribution in [1.29, 1.82) is 5.26 Å². The number of carbonyl (C=O) groups excluding carboxylic acids is 1. The summed E-state index contributed by atoms with van der Waals surface area (Å²) in [6, 6.07) is 11.3. The Bertz CT molecular complexity index is 968. The van der Waals surface area contributed by atoms with Crippen molar-refractivity contribution in [1.82, 2.24) is 4.90 Å². The van der Waals surface area contributed by atoms with Gasteiger partial charge in [-0.2, -0.15) is 18.4 Å². The summed E-state index contributed by atoms with van der Waals surface area (Å²) in [4.78, 5) is 16.2. The molecule has 0 spiro atoms. The number of alkyl halides is 3. The smallest absolute Gasteiger partial charge is 0.399 e. The van der Waals surface area contributed by atoms with Gasteiger partial charge in [0, 0.05) is 42.2 Å². The van der Waals surface area contributed by atoms with Crippen LogP contribution in [0, 0.1) is 11.3 Å². The normalized spacial score (nSPS) is 19.3. The molecule has 158 valence electrons. The zero-order valence-corrected chi connectivity index (χ0v) is 16.6. The molecule has 1 saturated heterocycles. The fourth-order valence-electron chi connectivity index (χ4n) is 3.57. The molecule has 2 unspecified atom stereocenters. The SMILES string of the molecule is CC1CN(c2ccc(C#N)c(C(F)(F)F)c2)C(C)CN1C(=O)Nc1ccc(N)cc1. The molecule has 3 rings (SSSR count). The van der Waals surface area contributed by atoms with E-state index in [0.29, 0.717) is 30.2 Å². The Morgan fingerprint density at radius 1 is 1.13 bits per heavy atom. The second kappa shape index (κ2) is 8.14. The molecular weight excluding hydrogens is 395 g/mol. The van der Waals surface area contributed by atoms with Crippen molar-refractivity contribution < 1.29 is 18.0 Å². The number of nitrogen functional groups attached to an aromatic ring is 1. The summed E-state index contributed by atoms with van der Waals surface area (Å²) < 4.78 is 40.0. The Morgan fingerprint density at radius 2 is 1.80 bits per heavy atom. The first-order valence-corrected chi connectivity index (χ1v) is 9.41. The van der Waals surface area contributed by atoms with Crippen LogP contribution in [-0.2, 0) is 6.18 Å². The number of nitrogens with one attached hydrogen (secondary N) is 1. The number of urea groups is 1. The highest BCUT2D eigenvalue weighted by molar-refractivity contribution is 5.90. The van der Waals surface area contributed by atoms with Gasteiger partial charge in [0.25, 0.3) is 0 Å². The number of hydrogen-bond acceptors (Lipinski definition) is 4. The molecule has 2 aromatic rings. The molecule has 0 bridgehead atoms. The van der Waals surface area contributed by atoms with E-state index >= 15 is 0 Å². The Balaban J connectivity index is 1.77. The van der Waals surface area contributed by atoms with E-state index in [4.69, 9.17) is 11.0 Å². The molecule has 0 aromatic heterocycles. The van der Waals surface area contributed by atoms with E-state index in [1.807, 2.05) is 18.7 Å². The van der Waals surface area contributed by atoms with Crippen molar-refractivity contribution in [2.45, 2.75) is 32.1 Å². The first-order chi connectivity index (χ1) is 14.1. The third kappa shape index (κ3) is 4.43. The van der Waals surface area contributed by atoms with Crippen LogP contribution in [0.4, 0.5) is 35.0 Å². The van der Waals surface area contributed by atoms with E-state index < -0.39 is 17.3 Å². The fraction of sp³-hybridized carbons (Fsp3) is 0.333. The van der Waals surface area contributed by atoms with Crippen molar-refractivity contribution >= 4 is 23.1 Å². The maximum absolute atomic E-state index is 13.3. The van der Waals surface area contributed by atoms with Gasteiger partial charge in [-0.1, -0.05) is 0 Å². The zero-order chi connectivity index (χ0) is 22.1. The number of halogens is 3. The second-order valence-electron chi connectivity index (χ2n) is 7.39. The molecule has 2 atom stereocenters. The topological polar surface area (TPSA) is 85.4 Å². The number of nitriles is 1. The molecule has 2 aromatic carbocycles. The Kier molecular flexibility index (Phi) is 5.78. The van der Waals surface area contributed by atoms with Crippen LogP contribution < -0.4 is 16.0 Å². The number of anilines is 3. The molecule has 1 aliphatic heterocycles. The highest BCUT2D eigenvalue weighted by Gasteiger charge is 2.36. The Hall–Kier alpha value is -3.41. The minimum atomic E-state index is -4.61. The van der Waals surface area contributed by atoms with Gasteiger partial charge in [-0.3, -0.25) is 0 Å². The summed E-state index contributed by atoms with van der Waals surface area (Å²) >= 11 is 0. The van der Waals surface area contributed by atoms with Crippen LogP contribution in [0.1, 0.15) is 25.0 Å². The van der Waals surface area contributed by atoms with E-state index in [1.54, 1.807) is 35.2 Å². The third-order valence-electron chi connectivity index (χ3n) is 5.17. The number of hydrogen-bond donors (Lipinski definition) is 2. The van der Waals surface area contributed by atoms with Gasteiger partial charge < -0.3 is 20.9 Å². The number of nitrogens with zero attached hydrogens (tertiary/aromatic N) is 3.